The lowest BCUT2D eigenvalue weighted by molar-refractivity contribution is -0.172. The van der Waals surface area contributed by atoms with Gasteiger partial charge in [-0.2, -0.15) is 0 Å². The molecule has 1 fully saturated rings. The molecule has 1 heterocycles. The Morgan fingerprint density at radius 2 is 2.09 bits per heavy atom. The van der Waals surface area contributed by atoms with E-state index in [4.69, 9.17) is 9.47 Å². The quantitative estimate of drug-likeness (QED) is 0.545. The highest BCUT2D eigenvalue weighted by molar-refractivity contribution is 5.70. The van der Waals surface area contributed by atoms with Crippen molar-refractivity contribution in [2.45, 2.75) is 19.1 Å². The molecule has 1 aliphatic rings. The monoisotopic (exact) mass is 160 g/mol. The lowest BCUT2D eigenvalue weighted by Gasteiger charge is -2.19. The van der Waals surface area contributed by atoms with Crippen molar-refractivity contribution in [3.8, 4) is 0 Å². The summed E-state index contributed by atoms with van der Waals surface area (Å²) < 4.78 is 14.9. The summed E-state index contributed by atoms with van der Waals surface area (Å²) in [5.74, 6) is -1.07. The first kappa shape index (κ1) is 8.49. The molecular weight excluding hydrogens is 148 g/mol. The van der Waals surface area contributed by atoms with Crippen LogP contribution >= 0.6 is 0 Å². The zero-order valence-electron chi connectivity index (χ0n) is 6.75. The van der Waals surface area contributed by atoms with Gasteiger partial charge in [-0.1, -0.05) is 0 Å². The molecule has 0 aromatic heterocycles. The van der Waals surface area contributed by atoms with E-state index >= 15 is 0 Å². The maximum absolute atomic E-state index is 10.8. The highest BCUT2D eigenvalue weighted by atomic mass is 16.7. The molecule has 0 aromatic carbocycles. The van der Waals surface area contributed by atoms with Crippen LogP contribution in [0.15, 0.2) is 0 Å². The van der Waals surface area contributed by atoms with Gasteiger partial charge in [0.05, 0.1) is 26.7 Å². The van der Waals surface area contributed by atoms with E-state index in [0.717, 1.165) is 0 Å². The van der Waals surface area contributed by atoms with Gasteiger partial charge in [0, 0.05) is 0 Å². The number of hydrogen-bond acceptors (Lipinski definition) is 4. The molecule has 0 aliphatic carbocycles. The van der Waals surface area contributed by atoms with Crippen molar-refractivity contribution in [2.24, 2.45) is 0 Å². The van der Waals surface area contributed by atoms with Gasteiger partial charge in [0.1, 0.15) is 0 Å². The van der Waals surface area contributed by atoms with Crippen LogP contribution < -0.4 is 0 Å². The molecule has 0 spiro atoms. The minimum absolute atomic E-state index is 0.156. The standard InChI is InChI=1S/C7H12O4/c1-7(5-6(8)9-2)10-3-4-11-7/h3-5H2,1-2H3. The summed E-state index contributed by atoms with van der Waals surface area (Å²) in [6.07, 6.45) is 0.156. The molecular formula is C7H12O4. The Labute approximate surface area is 65.4 Å². The summed E-state index contributed by atoms with van der Waals surface area (Å²) in [4.78, 5) is 10.8. The highest BCUT2D eigenvalue weighted by Gasteiger charge is 2.33. The lowest BCUT2D eigenvalue weighted by atomic mass is 10.2. The van der Waals surface area contributed by atoms with Crippen LogP contribution in [0.5, 0.6) is 0 Å². The van der Waals surface area contributed by atoms with Gasteiger partial charge in [0.15, 0.2) is 5.79 Å². The number of carbonyl (C=O) groups excluding carboxylic acids is 1. The lowest BCUT2D eigenvalue weighted by Crippen LogP contribution is -2.29. The average molecular weight is 160 g/mol. The minimum Gasteiger partial charge on any atom is -0.469 e. The summed E-state index contributed by atoms with van der Waals surface area (Å²) in [5.41, 5.74) is 0. The first-order chi connectivity index (χ1) is 5.16. The van der Waals surface area contributed by atoms with Gasteiger partial charge in [-0.25, -0.2) is 0 Å². The first-order valence-corrected chi connectivity index (χ1v) is 3.51. The molecule has 1 saturated heterocycles. The summed E-state index contributed by atoms with van der Waals surface area (Å²) in [6.45, 7) is 2.83. The smallest absolute Gasteiger partial charge is 0.310 e. The summed E-state index contributed by atoms with van der Waals surface area (Å²) in [7, 11) is 1.35. The van der Waals surface area contributed by atoms with Crippen molar-refractivity contribution in [3.05, 3.63) is 0 Å². The summed E-state index contributed by atoms with van der Waals surface area (Å²) in [5, 5.41) is 0. The Kier molecular flexibility index (Phi) is 2.46. The number of hydrogen-bond donors (Lipinski definition) is 0. The highest BCUT2D eigenvalue weighted by Crippen LogP contribution is 2.22. The average Bonchev–Trinajstić information content (AvgIpc) is 2.36. The Morgan fingerprint density at radius 3 is 2.55 bits per heavy atom. The van der Waals surface area contributed by atoms with Crippen LogP contribution in [-0.4, -0.2) is 32.1 Å². The third-order valence-electron chi connectivity index (χ3n) is 1.59. The van der Waals surface area contributed by atoms with Crippen LogP contribution in [0.3, 0.4) is 0 Å². The molecule has 0 unspecified atom stereocenters. The second kappa shape index (κ2) is 3.19. The third kappa shape index (κ3) is 2.17. The van der Waals surface area contributed by atoms with E-state index in [0.29, 0.717) is 13.2 Å². The molecule has 1 aliphatic heterocycles. The van der Waals surface area contributed by atoms with Gasteiger partial charge in [-0.3, -0.25) is 4.79 Å². The number of methoxy groups -OCH3 is 1. The van der Waals surface area contributed by atoms with Gasteiger partial charge in [0.2, 0.25) is 0 Å². The van der Waals surface area contributed by atoms with E-state index in [9.17, 15) is 4.79 Å². The fraction of sp³-hybridized carbons (Fsp3) is 0.857. The first-order valence-electron chi connectivity index (χ1n) is 3.51. The van der Waals surface area contributed by atoms with Gasteiger partial charge in [0.25, 0.3) is 0 Å². The Balaban J connectivity index is 2.39. The van der Waals surface area contributed by atoms with Crippen LogP contribution in [0, 0.1) is 0 Å². The Bertz CT molecular complexity index is 149. The van der Waals surface area contributed by atoms with Crippen LogP contribution in [0.25, 0.3) is 0 Å². The number of esters is 1. The third-order valence-corrected chi connectivity index (χ3v) is 1.59. The molecule has 4 nitrogen and oxygen atoms in total. The van der Waals surface area contributed by atoms with Gasteiger partial charge in [-0.05, 0) is 6.92 Å². The largest absolute Gasteiger partial charge is 0.469 e. The molecule has 0 atom stereocenters. The molecule has 4 heteroatoms. The predicted octanol–water partition coefficient (Wildman–Crippen LogP) is 0.312. The molecule has 64 valence electrons. The summed E-state index contributed by atoms with van der Waals surface area (Å²) >= 11 is 0. The molecule has 11 heavy (non-hydrogen) atoms. The molecule has 0 radical (unpaired) electrons. The van der Waals surface area contributed by atoms with Gasteiger partial charge >= 0.3 is 5.97 Å². The zero-order chi connectivity index (χ0) is 8.32. The molecule has 0 aromatic rings. The van der Waals surface area contributed by atoms with Crippen LogP contribution in [0.4, 0.5) is 0 Å². The van der Waals surface area contributed by atoms with Crippen molar-refractivity contribution in [1.29, 1.82) is 0 Å². The van der Waals surface area contributed by atoms with Crippen molar-refractivity contribution in [1.82, 2.24) is 0 Å². The van der Waals surface area contributed by atoms with Crippen molar-refractivity contribution < 1.29 is 19.0 Å². The maximum Gasteiger partial charge on any atom is 0.310 e. The van der Waals surface area contributed by atoms with E-state index < -0.39 is 5.79 Å². The van der Waals surface area contributed by atoms with E-state index in [-0.39, 0.29) is 12.4 Å². The predicted molar refractivity (Wildman–Crippen MR) is 36.9 cm³/mol. The number of carbonyl (C=O) groups is 1. The molecule has 0 bridgehead atoms. The maximum atomic E-state index is 10.8. The van der Waals surface area contributed by atoms with Gasteiger partial charge in [-0.15, -0.1) is 0 Å². The molecule has 0 amide bonds. The molecule has 0 N–H and O–H groups in total. The topological polar surface area (TPSA) is 44.8 Å². The Hall–Kier alpha value is -0.610. The molecule has 1 rings (SSSR count). The second-order valence-corrected chi connectivity index (χ2v) is 2.58. The fourth-order valence-corrected chi connectivity index (χ4v) is 0.993. The van der Waals surface area contributed by atoms with Crippen molar-refractivity contribution in [2.75, 3.05) is 20.3 Å². The molecule has 0 saturated carbocycles. The number of rotatable bonds is 2. The summed E-state index contributed by atoms with van der Waals surface area (Å²) in [6, 6.07) is 0. The Morgan fingerprint density at radius 1 is 1.55 bits per heavy atom. The van der Waals surface area contributed by atoms with E-state index in [1.807, 2.05) is 0 Å². The van der Waals surface area contributed by atoms with Crippen molar-refractivity contribution >= 4 is 5.97 Å². The zero-order valence-corrected chi connectivity index (χ0v) is 6.75. The van der Waals surface area contributed by atoms with Crippen LogP contribution in [0.1, 0.15) is 13.3 Å². The second-order valence-electron chi connectivity index (χ2n) is 2.58. The van der Waals surface area contributed by atoms with E-state index in [1.54, 1.807) is 6.92 Å². The van der Waals surface area contributed by atoms with Crippen LogP contribution in [0.2, 0.25) is 0 Å². The van der Waals surface area contributed by atoms with Gasteiger partial charge < -0.3 is 14.2 Å². The normalized spacial score (nSPS) is 21.6. The SMILES string of the molecule is COC(=O)CC1(C)OCCO1. The van der Waals surface area contributed by atoms with E-state index in [2.05, 4.69) is 4.74 Å². The van der Waals surface area contributed by atoms with Crippen LogP contribution in [-0.2, 0) is 19.0 Å². The fourth-order valence-electron chi connectivity index (χ4n) is 0.993. The van der Waals surface area contributed by atoms with Crippen molar-refractivity contribution in [3.63, 3.8) is 0 Å². The minimum atomic E-state index is -0.757. The number of ether oxygens (including phenoxy) is 3. The van der Waals surface area contributed by atoms with E-state index in [1.165, 1.54) is 7.11 Å².